The molecule has 0 spiro atoms. The van der Waals surface area contributed by atoms with Gasteiger partial charge in [0.15, 0.2) is 0 Å². The van der Waals surface area contributed by atoms with Crippen molar-refractivity contribution in [3.63, 3.8) is 0 Å². The first-order valence-electron chi connectivity index (χ1n) is 7.72. The molecule has 3 aromatic heterocycles. The largest absolute Gasteiger partial charge is 0.390 e. The Hall–Kier alpha value is -2.47. The second kappa shape index (κ2) is 4.76. The van der Waals surface area contributed by atoms with Crippen LogP contribution in [0.2, 0.25) is 0 Å². The van der Waals surface area contributed by atoms with E-state index in [1.54, 1.807) is 6.20 Å². The van der Waals surface area contributed by atoms with Crippen LogP contribution in [0.4, 0.5) is 5.95 Å². The van der Waals surface area contributed by atoms with Crippen molar-refractivity contribution in [3.05, 3.63) is 42.5 Å². The Morgan fingerprint density at radius 1 is 1.30 bits per heavy atom. The summed E-state index contributed by atoms with van der Waals surface area (Å²) in [6, 6.07) is 5.92. The van der Waals surface area contributed by atoms with E-state index in [1.807, 2.05) is 42.9 Å². The first-order valence-corrected chi connectivity index (χ1v) is 7.72. The molecule has 3 heterocycles. The first kappa shape index (κ1) is 14.1. The third-order valence-corrected chi connectivity index (χ3v) is 4.58. The van der Waals surface area contributed by atoms with Gasteiger partial charge < -0.3 is 15.4 Å². The van der Waals surface area contributed by atoms with Crippen molar-refractivity contribution in [1.29, 1.82) is 0 Å². The average Bonchev–Trinajstić information content (AvgIpc) is 3.21. The van der Waals surface area contributed by atoms with E-state index in [2.05, 4.69) is 21.0 Å². The van der Waals surface area contributed by atoms with E-state index in [9.17, 15) is 5.11 Å². The van der Waals surface area contributed by atoms with Gasteiger partial charge in [0.05, 0.1) is 11.1 Å². The third-order valence-electron chi connectivity index (χ3n) is 4.58. The van der Waals surface area contributed by atoms with E-state index in [1.165, 1.54) is 0 Å². The predicted octanol–water partition coefficient (Wildman–Crippen LogP) is 2.27. The molecular weight excluding hydrogens is 290 g/mol. The Morgan fingerprint density at radius 2 is 2.13 bits per heavy atom. The zero-order valence-corrected chi connectivity index (χ0v) is 13.1. The Kier molecular flexibility index (Phi) is 2.93. The van der Waals surface area contributed by atoms with Crippen LogP contribution in [0.1, 0.15) is 31.9 Å². The summed E-state index contributed by atoms with van der Waals surface area (Å²) in [6.45, 7) is 3.73. The molecule has 6 nitrogen and oxygen atoms in total. The summed E-state index contributed by atoms with van der Waals surface area (Å²) in [6.07, 6.45) is 6.46. The van der Waals surface area contributed by atoms with Gasteiger partial charge in [-0.05, 0) is 44.4 Å². The number of hydrogen-bond donors (Lipinski definition) is 2. The van der Waals surface area contributed by atoms with Crippen LogP contribution in [0.15, 0.2) is 36.8 Å². The molecule has 2 atom stereocenters. The third kappa shape index (κ3) is 2.45. The normalized spacial score (nSPS) is 20.8. The predicted molar refractivity (Wildman–Crippen MR) is 88.2 cm³/mol. The van der Waals surface area contributed by atoms with Crippen LogP contribution in [0.5, 0.6) is 0 Å². The Labute approximate surface area is 134 Å². The fraction of sp³-hybridized carbons (Fsp3) is 0.353. The molecule has 0 radical (unpaired) electrons. The van der Waals surface area contributed by atoms with Gasteiger partial charge in [0.2, 0.25) is 5.95 Å². The van der Waals surface area contributed by atoms with E-state index in [-0.39, 0.29) is 11.9 Å². The van der Waals surface area contributed by atoms with Crippen LogP contribution in [0.3, 0.4) is 0 Å². The molecule has 23 heavy (non-hydrogen) atoms. The number of pyridine rings is 1. The molecule has 4 rings (SSSR count). The Morgan fingerprint density at radius 3 is 2.83 bits per heavy atom. The maximum Gasteiger partial charge on any atom is 0.221 e. The Balaban J connectivity index is 1.76. The molecule has 6 heteroatoms. The van der Waals surface area contributed by atoms with Crippen LogP contribution in [0, 0.1) is 5.92 Å². The molecule has 3 N–H and O–H groups in total. The molecule has 0 aliphatic heterocycles. The highest BCUT2D eigenvalue weighted by atomic mass is 16.3. The minimum Gasteiger partial charge on any atom is -0.390 e. The van der Waals surface area contributed by atoms with Gasteiger partial charge in [0.25, 0.3) is 0 Å². The highest BCUT2D eigenvalue weighted by Crippen LogP contribution is 2.52. The van der Waals surface area contributed by atoms with Crippen molar-refractivity contribution >= 4 is 16.9 Å². The van der Waals surface area contributed by atoms with Gasteiger partial charge in [-0.15, -0.1) is 0 Å². The standard InChI is InChI=1S/C17H19N5O/c1-17(2,23)12-7-11(12)13-8-14-10(9-20-13)4-6-22(14)15-3-5-19-16(18)21-15/h3-6,8-9,11-12,23H,7H2,1-2H3,(H2,18,19,21)/t11-,12-/m1/s1. The van der Waals surface area contributed by atoms with Crippen molar-refractivity contribution in [2.45, 2.75) is 31.8 Å². The maximum absolute atomic E-state index is 10.2. The lowest BCUT2D eigenvalue weighted by molar-refractivity contribution is 0.0545. The summed E-state index contributed by atoms with van der Waals surface area (Å²) >= 11 is 0. The van der Waals surface area contributed by atoms with Crippen LogP contribution in [-0.4, -0.2) is 30.2 Å². The summed E-state index contributed by atoms with van der Waals surface area (Å²) in [5.41, 5.74) is 7.08. The molecule has 0 amide bonds. The molecule has 0 saturated heterocycles. The molecule has 1 aliphatic carbocycles. The molecule has 0 aromatic carbocycles. The van der Waals surface area contributed by atoms with Gasteiger partial charge in [-0.1, -0.05) is 0 Å². The van der Waals surface area contributed by atoms with Crippen LogP contribution in [0.25, 0.3) is 16.7 Å². The summed E-state index contributed by atoms with van der Waals surface area (Å²) in [5, 5.41) is 11.2. The highest BCUT2D eigenvalue weighted by molar-refractivity contribution is 5.81. The van der Waals surface area contributed by atoms with Gasteiger partial charge in [0.1, 0.15) is 5.82 Å². The summed E-state index contributed by atoms with van der Waals surface area (Å²) in [5.74, 6) is 1.58. The number of aliphatic hydroxyl groups is 1. The molecule has 1 aliphatic rings. The van der Waals surface area contributed by atoms with Gasteiger partial charge in [-0.2, -0.15) is 4.98 Å². The maximum atomic E-state index is 10.2. The zero-order valence-electron chi connectivity index (χ0n) is 13.1. The quantitative estimate of drug-likeness (QED) is 0.774. The lowest BCUT2D eigenvalue weighted by atomic mass is 10.0. The van der Waals surface area contributed by atoms with Crippen LogP contribution < -0.4 is 5.73 Å². The van der Waals surface area contributed by atoms with Crippen LogP contribution >= 0.6 is 0 Å². The average molecular weight is 309 g/mol. The molecule has 0 bridgehead atoms. The van der Waals surface area contributed by atoms with Crippen molar-refractivity contribution in [3.8, 4) is 5.82 Å². The van der Waals surface area contributed by atoms with E-state index in [0.29, 0.717) is 5.92 Å². The van der Waals surface area contributed by atoms with Gasteiger partial charge in [0, 0.05) is 35.6 Å². The summed E-state index contributed by atoms with van der Waals surface area (Å²) < 4.78 is 1.99. The zero-order chi connectivity index (χ0) is 16.2. The number of fused-ring (bicyclic) bond motifs is 1. The van der Waals surface area contributed by atoms with E-state index in [0.717, 1.165) is 28.8 Å². The molecule has 0 unspecified atom stereocenters. The fourth-order valence-electron chi connectivity index (χ4n) is 3.25. The SMILES string of the molecule is CC(C)(O)[C@@H]1C[C@H]1c1cc2c(ccn2-c2ccnc(N)n2)cn1. The van der Waals surface area contributed by atoms with Gasteiger partial charge in [-0.3, -0.25) is 4.98 Å². The summed E-state index contributed by atoms with van der Waals surface area (Å²) in [4.78, 5) is 12.8. The second-order valence-electron chi connectivity index (χ2n) is 6.73. The number of aromatic nitrogens is 4. The fourth-order valence-corrected chi connectivity index (χ4v) is 3.25. The van der Waals surface area contributed by atoms with Crippen molar-refractivity contribution in [1.82, 2.24) is 19.5 Å². The number of nitrogen functional groups attached to an aromatic ring is 1. The molecule has 118 valence electrons. The van der Waals surface area contributed by atoms with Crippen molar-refractivity contribution < 1.29 is 5.11 Å². The van der Waals surface area contributed by atoms with E-state index in [4.69, 9.17) is 5.73 Å². The van der Waals surface area contributed by atoms with E-state index < -0.39 is 5.60 Å². The highest BCUT2D eigenvalue weighted by Gasteiger charge is 2.48. The minimum absolute atomic E-state index is 0.253. The second-order valence-corrected chi connectivity index (χ2v) is 6.73. The number of hydrogen-bond acceptors (Lipinski definition) is 5. The number of nitrogens with two attached hydrogens (primary N) is 1. The number of rotatable bonds is 3. The van der Waals surface area contributed by atoms with Crippen molar-refractivity contribution in [2.75, 3.05) is 5.73 Å². The lowest BCUT2D eigenvalue weighted by Gasteiger charge is -2.16. The number of nitrogens with zero attached hydrogens (tertiary/aromatic N) is 4. The minimum atomic E-state index is -0.662. The lowest BCUT2D eigenvalue weighted by Crippen LogP contribution is -2.22. The molecule has 1 saturated carbocycles. The molecule has 3 aromatic rings. The first-order chi connectivity index (χ1) is 10.9. The van der Waals surface area contributed by atoms with Gasteiger partial charge in [-0.25, -0.2) is 4.98 Å². The smallest absolute Gasteiger partial charge is 0.221 e. The Bertz CT molecular complexity index is 880. The van der Waals surface area contributed by atoms with Gasteiger partial charge >= 0.3 is 0 Å². The molecule has 1 fully saturated rings. The number of anilines is 1. The van der Waals surface area contributed by atoms with E-state index >= 15 is 0 Å². The van der Waals surface area contributed by atoms with Crippen molar-refractivity contribution in [2.24, 2.45) is 5.92 Å². The summed E-state index contributed by atoms with van der Waals surface area (Å²) in [7, 11) is 0. The van der Waals surface area contributed by atoms with Crippen LogP contribution in [-0.2, 0) is 0 Å². The topological polar surface area (TPSA) is 89.8 Å². The monoisotopic (exact) mass is 309 g/mol. The molecular formula is C17H19N5O.